The number of amides is 2. The Morgan fingerprint density at radius 3 is 1.93 bits per heavy atom. The Labute approximate surface area is 244 Å². The zero-order valence-corrected chi connectivity index (χ0v) is 24.1. The Bertz CT molecular complexity index is 1340. The van der Waals surface area contributed by atoms with Gasteiger partial charge in [-0.25, -0.2) is 15.2 Å². The number of nitrogens with one attached hydrogen (secondary N) is 2. The smallest absolute Gasteiger partial charge is 0.494 e. The van der Waals surface area contributed by atoms with Crippen LogP contribution in [0.5, 0.6) is 23.0 Å². The summed E-state index contributed by atoms with van der Waals surface area (Å²) in [4.78, 5) is 42.0. The lowest BCUT2D eigenvalue weighted by Crippen LogP contribution is -2.44. The molecule has 0 saturated carbocycles. The number of methoxy groups -OCH3 is 1. The molecular weight excluding hydrogens is 544 g/mol. The molecule has 0 bridgehead atoms. The summed E-state index contributed by atoms with van der Waals surface area (Å²) in [5.74, 6) is -0.142. The fraction of sp³-hybridized carbons (Fsp3) is 0.300. The minimum Gasteiger partial charge on any atom is -0.494 e. The lowest BCUT2D eigenvalue weighted by Gasteiger charge is -2.16. The number of pyridine rings is 1. The van der Waals surface area contributed by atoms with Crippen LogP contribution in [-0.4, -0.2) is 61.6 Å². The van der Waals surface area contributed by atoms with Crippen molar-refractivity contribution >= 4 is 23.7 Å². The molecule has 0 aliphatic rings. The summed E-state index contributed by atoms with van der Waals surface area (Å²) in [5.41, 5.74) is 4.18. The van der Waals surface area contributed by atoms with Crippen LogP contribution in [0.3, 0.4) is 0 Å². The first-order valence-corrected chi connectivity index (χ1v) is 13.3. The van der Waals surface area contributed by atoms with Gasteiger partial charge in [0.25, 0.3) is 11.8 Å². The lowest BCUT2D eigenvalue weighted by molar-refractivity contribution is -0.122. The van der Waals surface area contributed by atoms with Gasteiger partial charge in [-0.2, -0.15) is 5.10 Å². The Morgan fingerprint density at radius 1 is 0.857 bits per heavy atom. The van der Waals surface area contributed by atoms with E-state index in [0.29, 0.717) is 30.4 Å². The number of hydrogen-bond donors (Lipinski definition) is 2. The van der Waals surface area contributed by atoms with Crippen molar-refractivity contribution in [3.05, 3.63) is 77.6 Å². The first kappa shape index (κ1) is 31.4. The van der Waals surface area contributed by atoms with E-state index in [9.17, 15) is 14.4 Å². The second-order valence-corrected chi connectivity index (χ2v) is 8.52. The molecule has 222 valence electrons. The van der Waals surface area contributed by atoms with Gasteiger partial charge < -0.3 is 29.0 Å². The predicted molar refractivity (Wildman–Crippen MR) is 154 cm³/mol. The molecule has 12 heteroatoms. The summed E-state index contributed by atoms with van der Waals surface area (Å²) in [6.45, 7) is 8.00. The summed E-state index contributed by atoms with van der Waals surface area (Å²) < 4.78 is 26.2. The molecule has 0 radical (unpaired) electrons. The van der Waals surface area contributed by atoms with E-state index in [2.05, 4.69) is 20.8 Å². The largest absolute Gasteiger partial charge is 0.514 e. The van der Waals surface area contributed by atoms with E-state index in [-0.39, 0.29) is 23.8 Å². The molecular formula is C30H34N4O8. The van der Waals surface area contributed by atoms with Crippen molar-refractivity contribution in [2.75, 3.05) is 26.9 Å². The maximum Gasteiger partial charge on any atom is 0.514 e. The number of carbonyl (C=O) groups excluding carboxylic acids is 3. The molecule has 12 nitrogen and oxygen atoms in total. The zero-order chi connectivity index (χ0) is 30.5. The molecule has 3 rings (SSSR count). The molecule has 2 N–H and O–H groups in total. The van der Waals surface area contributed by atoms with E-state index in [1.807, 2.05) is 62.4 Å². The van der Waals surface area contributed by atoms with Gasteiger partial charge in [-0.15, -0.1) is 0 Å². The van der Waals surface area contributed by atoms with E-state index in [1.165, 1.54) is 26.3 Å². The molecule has 2 amide bonds. The highest BCUT2D eigenvalue weighted by molar-refractivity contribution is 6.13. The number of ether oxygens (including phenoxy) is 5. The molecule has 0 aliphatic carbocycles. The summed E-state index contributed by atoms with van der Waals surface area (Å²) in [5, 5.41) is 6.92. The zero-order valence-electron chi connectivity index (χ0n) is 24.1. The fourth-order valence-corrected chi connectivity index (χ4v) is 3.67. The molecule has 2 aromatic carbocycles. The molecule has 1 atom stereocenters. The van der Waals surface area contributed by atoms with Gasteiger partial charge in [-0.3, -0.25) is 9.59 Å². The normalized spacial score (nSPS) is 11.0. The minimum absolute atomic E-state index is 0.0655. The third-order valence-electron chi connectivity index (χ3n) is 5.65. The molecule has 1 heterocycles. The lowest BCUT2D eigenvalue weighted by atomic mass is 10.0. The van der Waals surface area contributed by atoms with Crippen LogP contribution in [0.1, 0.15) is 49.3 Å². The number of hydrogen-bond acceptors (Lipinski definition) is 10. The van der Waals surface area contributed by atoms with Crippen LogP contribution in [0.4, 0.5) is 4.79 Å². The number of carbonyl (C=O) groups is 3. The van der Waals surface area contributed by atoms with Crippen LogP contribution in [0.25, 0.3) is 0 Å². The average molecular weight is 579 g/mol. The highest BCUT2D eigenvalue weighted by Gasteiger charge is 2.25. The van der Waals surface area contributed by atoms with Gasteiger partial charge in [0.1, 0.15) is 17.5 Å². The number of aromatic nitrogens is 1. The van der Waals surface area contributed by atoms with Gasteiger partial charge in [-0.1, -0.05) is 0 Å². The Morgan fingerprint density at radius 2 is 1.43 bits per heavy atom. The summed E-state index contributed by atoms with van der Waals surface area (Å²) in [6.07, 6.45) is 0.273. The van der Waals surface area contributed by atoms with Crippen LogP contribution < -0.4 is 29.7 Å². The van der Waals surface area contributed by atoms with Gasteiger partial charge in [0.2, 0.25) is 5.75 Å². The maximum absolute atomic E-state index is 13.0. The Hall–Kier alpha value is -5.13. The standard InChI is InChI=1S/C30H34N4O8/c1-6-39-22-13-9-20(10-14-22)25(21-11-15-23(16-12-21)40-7-2)33-34-28(35)19(4)32-29(36)26-27(42-30(37)41-8-3)24(38-5)17-18-31-26/h9-19H,6-8H2,1-5H3,(H,32,36)(H,34,35)/t19-/m0/s1. The van der Waals surface area contributed by atoms with Gasteiger partial charge in [0.15, 0.2) is 11.4 Å². The Kier molecular flexibility index (Phi) is 11.7. The van der Waals surface area contributed by atoms with E-state index in [4.69, 9.17) is 23.7 Å². The van der Waals surface area contributed by atoms with Crippen molar-refractivity contribution in [3.8, 4) is 23.0 Å². The topological polar surface area (TPSA) is 147 Å². The molecule has 0 saturated heterocycles. The summed E-state index contributed by atoms with van der Waals surface area (Å²) in [6, 6.07) is 14.9. The predicted octanol–water partition coefficient (Wildman–Crippen LogP) is 4.11. The van der Waals surface area contributed by atoms with Crippen molar-refractivity contribution in [2.24, 2.45) is 5.10 Å². The molecule has 42 heavy (non-hydrogen) atoms. The molecule has 1 aromatic heterocycles. The van der Waals surface area contributed by atoms with Crippen LogP contribution in [0.15, 0.2) is 65.9 Å². The number of hydrazone groups is 1. The van der Waals surface area contributed by atoms with E-state index in [1.54, 1.807) is 6.92 Å². The molecule has 0 unspecified atom stereocenters. The van der Waals surface area contributed by atoms with Crippen LogP contribution in [0, 0.1) is 0 Å². The average Bonchev–Trinajstić information content (AvgIpc) is 2.99. The van der Waals surface area contributed by atoms with E-state index in [0.717, 1.165) is 11.1 Å². The SMILES string of the molecule is CCOC(=O)Oc1c(OC)ccnc1C(=O)N[C@@H](C)C(=O)NN=C(c1ccc(OCC)cc1)c1ccc(OCC)cc1. The van der Waals surface area contributed by atoms with E-state index >= 15 is 0 Å². The second-order valence-electron chi connectivity index (χ2n) is 8.52. The number of nitrogens with zero attached hydrogens (tertiary/aromatic N) is 2. The first-order chi connectivity index (χ1) is 20.3. The van der Waals surface area contributed by atoms with Crippen molar-refractivity contribution in [2.45, 2.75) is 33.7 Å². The van der Waals surface area contributed by atoms with E-state index < -0.39 is 24.0 Å². The number of benzene rings is 2. The highest BCUT2D eigenvalue weighted by atomic mass is 16.7. The Balaban J connectivity index is 1.81. The van der Waals surface area contributed by atoms with Crippen LogP contribution in [-0.2, 0) is 9.53 Å². The van der Waals surface area contributed by atoms with Crippen molar-refractivity contribution < 1.29 is 38.1 Å². The second kappa shape index (κ2) is 15.6. The van der Waals surface area contributed by atoms with Gasteiger partial charge in [0, 0.05) is 23.4 Å². The quantitative estimate of drug-likeness (QED) is 0.174. The first-order valence-electron chi connectivity index (χ1n) is 13.3. The monoisotopic (exact) mass is 578 g/mol. The molecule has 3 aromatic rings. The third-order valence-corrected chi connectivity index (χ3v) is 5.65. The molecule has 0 spiro atoms. The highest BCUT2D eigenvalue weighted by Crippen LogP contribution is 2.30. The molecule has 0 fully saturated rings. The summed E-state index contributed by atoms with van der Waals surface area (Å²) in [7, 11) is 1.34. The van der Waals surface area contributed by atoms with Crippen LogP contribution >= 0.6 is 0 Å². The summed E-state index contributed by atoms with van der Waals surface area (Å²) >= 11 is 0. The van der Waals surface area contributed by atoms with Gasteiger partial charge >= 0.3 is 6.16 Å². The van der Waals surface area contributed by atoms with Gasteiger partial charge in [0.05, 0.1) is 32.6 Å². The van der Waals surface area contributed by atoms with Gasteiger partial charge in [-0.05, 0) is 76.2 Å². The van der Waals surface area contributed by atoms with Crippen LogP contribution in [0.2, 0.25) is 0 Å². The maximum atomic E-state index is 13.0. The van der Waals surface area contributed by atoms with Crippen molar-refractivity contribution in [3.63, 3.8) is 0 Å². The minimum atomic E-state index is -1.05. The number of rotatable bonds is 13. The van der Waals surface area contributed by atoms with Crippen molar-refractivity contribution in [1.29, 1.82) is 0 Å². The fourth-order valence-electron chi connectivity index (χ4n) is 3.67. The van der Waals surface area contributed by atoms with Crippen molar-refractivity contribution in [1.82, 2.24) is 15.7 Å². The molecule has 0 aliphatic heterocycles. The third kappa shape index (κ3) is 8.43.